The average Bonchev–Trinajstić information content (AvgIpc) is 2.38. The monoisotopic (exact) mass is 253 g/mol. The molecular formula is C13H16ClNO2. The van der Waals surface area contributed by atoms with Crippen molar-refractivity contribution >= 4 is 17.5 Å². The molecule has 17 heavy (non-hydrogen) atoms. The van der Waals surface area contributed by atoms with Crippen LogP contribution < -0.4 is 0 Å². The number of amides is 1. The number of carbonyl (C=O) groups is 1. The summed E-state index contributed by atoms with van der Waals surface area (Å²) in [6.07, 6.45) is 2.04. The van der Waals surface area contributed by atoms with Gasteiger partial charge in [-0.2, -0.15) is 0 Å². The molecule has 0 aromatic heterocycles. The van der Waals surface area contributed by atoms with E-state index in [9.17, 15) is 9.90 Å². The van der Waals surface area contributed by atoms with Gasteiger partial charge in [-0.3, -0.25) is 4.79 Å². The van der Waals surface area contributed by atoms with E-state index in [2.05, 4.69) is 0 Å². The SMILES string of the molecule is O=C(CCl)N1CCC[C@H](c2cccc(O)c2)C1. The molecule has 2 rings (SSSR count). The van der Waals surface area contributed by atoms with Gasteiger partial charge in [-0.25, -0.2) is 0 Å². The highest BCUT2D eigenvalue weighted by Gasteiger charge is 2.24. The number of rotatable bonds is 2. The Bertz CT molecular complexity index is 408. The quantitative estimate of drug-likeness (QED) is 0.822. The molecule has 0 unspecified atom stereocenters. The molecule has 1 saturated heterocycles. The molecule has 1 atom stereocenters. The molecule has 1 aliphatic rings. The normalized spacial score (nSPS) is 20.3. The van der Waals surface area contributed by atoms with Crippen molar-refractivity contribution in [2.45, 2.75) is 18.8 Å². The summed E-state index contributed by atoms with van der Waals surface area (Å²) >= 11 is 5.57. The number of phenolic OH excluding ortho intramolecular Hbond substituents is 1. The lowest BCUT2D eigenvalue weighted by Gasteiger charge is -2.32. The minimum absolute atomic E-state index is 0.00322. The first-order valence-corrected chi connectivity index (χ1v) is 6.37. The van der Waals surface area contributed by atoms with E-state index in [-0.39, 0.29) is 17.5 Å². The Morgan fingerprint density at radius 1 is 1.53 bits per heavy atom. The predicted octanol–water partition coefficient (Wildman–Crippen LogP) is 2.34. The van der Waals surface area contributed by atoms with Crippen molar-refractivity contribution in [2.75, 3.05) is 19.0 Å². The zero-order valence-electron chi connectivity index (χ0n) is 9.60. The van der Waals surface area contributed by atoms with Crippen LogP contribution in [-0.4, -0.2) is 34.9 Å². The first-order valence-electron chi connectivity index (χ1n) is 5.83. The fourth-order valence-electron chi connectivity index (χ4n) is 2.34. The second-order valence-electron chi connectivity index (χ2n) is 4.41. The van der Waals surface area contributed by atoms with Crippen LogP contribution in [0.5, 0.6) is 5.75 Å². The highest BCUT2D eigenvalue weighted by Crippen LogP contribution is 2.28. The summed E-state index contributed by atoms with van der Waals surface area (Å²) in [6.45, 7) is 1.50. The molecule has 1 amide bonds. The van der Waals surface area contributed by atoms with Crippen molar-refractivity contribution in [1.82, 2.24) is 4.90 Å². The molecular weight excluding hydrogens is 238 g/mol. The van der Waals surface area contributed by atoms with Crippen molar-refractivity contribution in [1.29, 1.82) is 0 Å². The zero-order chi connectivity index (χ0) is 12.3. The zero-order valence-corrected chi connectivity index (χ0v) is 10.4. The van der Waals surface area contributed by atoms with Crippen molar-refractivity contribution in [2.24, 2.45) is 0 Å². The summed E-state index contributed by atoms with van der Waals surface area (Å²) in [7, 11) is 0. The van der Waals surface area contributed by atoms with Crippen LogP contribution >= 0.6 is 11.6 Å². The minimum Gasteiger partial charge on any atom is -0.508 e. The summed E-state index contributed by atoms with van der Waals surface area (Å²) in [6, 6.07) is 7.28. The Morgan fingerprint density at radius 2 is 2.35 bits per heavy atom. The van der Waals surface area contributed by atoms with E-state index in [1.165, 1.54) is 0 Å². The van der Waals surface area contributed by atoms with Crippen molar-refractivity contribution in [3.63, 3.8) is 0 Å². The summed E-state index contributed by atoms with van der Waals surface area (Å²) in [4.78, 5) is 13.4. The topological polar surface area (TPSA) is 40.5 Å². The smallest absolute Gasteiger partial charge is 0.237 e. The number of alkyl halides is 1. The first-order chi connectivity index (χ1) is 8.20. The van der Waals surface area contributed by atoms with Gasteiger partial charge in [-0.05, 0) is 30.5 Å². The van der Waals surface area contributed by atoms with Crippen molar-refractivity contribution in [3.8, 4) is 5.75 Å². The maximum atomic E-state index is 11.6. The van der Waals surface area contributed by atoms with Gasteiger partial charge in [0, 0.05) is 19.0 Å². The van der Waals surface area contributed by atoms with Gasteiger partial charge in [0.1, 0.15) is 11.6 Å². The van der Waals surface area contributed by atoms with Crippen LogP contribution in [0.4, 0.5) is 0 Å². The fourth-order valence-corrected chi connectivity index (χ4v) is 2.51. The van der Waals surface area contributed by atoms with E-state index in [0.717, 1.165) is 24.9 Å². The van der Waals surface area contributed by atoms with Crippen LogP contribution in [0.1, 0.15) is 24.3 Å². The molecule has 1 aliphatic heterocycles. The van der Waals surface area contributed by atoms with Crippen LogP contribution in [0.15, 0.2) is 24.3 Å². The van der Waals surface area contributed by atoms with Gasteiger partial charge in [-0.1, -0.05) is 12.1 Å². The molecule has 0 aliphatic carbocycles. The Morgan fingerprint density at radius 3 is 3.06 bits per heavy atom. The third-order valence-electron chi connectivity index (χ3n) is 3.23. The molecule has 4 heteroatoms. The Kier molecular flexibility index (Phi) is 3.89. The molecule has 0 radical (unpaired) electrons. The number of piperidine rings is 1. The standard InChI is InChI=1S/C13H16ClNO2/c14-8-13(17)15-6-2-4-11(9-15)10-3-1-5-12(16)7-10/h1,3,5,7,11,16H,2,4,6,8-9H2/t11-/m0/s1. The number of halogens is 1. The molecule has 1 heterocycles. The number of phenols is 1. The Hall–Kier alpha value is -1.22. The molecule has 1 N–H and O–H groups in total. The number of hydrogen-bond donors (Lipinski definition) is 1. The van der Waals surface area contributed by atoms with E-state index in [4.69, 9.17) is 11.6 Å². The van der Waals surface area contributed by atoms with Crippen LogP contribution in [0.25, 0.3) is 0 Å². The van der Waals surface area contributed by atoms with Gasteiger partial charge in [-0.15, -0.1) is 11.6 Å². The number of aromatic hydroxyl groups is 1. The molecule has 1 aromatic rings. The number of nitrogens with zero attached hydrogens (tertiary/aromatic N) is 1. The number of benzene rings is 1. The average molecular weight is 254 g/mol. The third kappa shape index (κ3) is 2.91. The van der Waals surface area contributed by atoms with Crippen molar-refractivity contribution < 1.29 is 9.90 Å². The summed E-state index contributed by atoms with van der Waals surface area (Å²) in [5.74, 6) is 0.634. The molecule has 3 nitrogen and oxygen atoms in total. The highest BCUT2D eigenvalue weighted by atomic mass is 35.5. The van der Waals surface area contributed by atoms with E-state index < -0.39 is 0 Å². The Balaban J connectivity index is 2.09. The summed E-state index contributed by atoms with van der Waals surface area (Å²) < 4.78 is 0. The lowest BCUT2D eigenvalue weighted by molar-refractivity contribution is -0.129. The maximum absolute atomic E-state index is 11.6. The molecule has 0 saturated carbocycles. The molecule has 1 fully saturated rings. The lowest BCUT2D eigenvalue weighted by atomic mass is 9.90. The largest absolute Gasteiger partial charge is 0.508 e. The second kappa shape index (κ2) is 5.41. The highest BCUT2D eigenvalue weighted by molar-refractivity contribution is 6.27. The van der Waals surface area contributed by atoms with E-state index in [1.54, 1.807) is 12.1 Å². The van der Waals surface area contributed by atoms with Gasteiger partial charge in [0.05, 0.1) is 0 Å². The van der Waals surface area contributed by atoms with Gasteiger partial charge in [0.25, 0.3) is 0 Å². The molecule has 92 valence electrons. The first kappa shape index (κ1) is 12.2. The minimum atomic E-state index is -0.00322. The maximum Gasteiger partial charge on any atom is 0.237 e. The van der Waals surface area contributed by atoms with E-state index in [0.29, 0.717) is 12.5 Å². The molecule has 0 bridgehead atoms. The van der Waals surface area contributed by atoms with Crippen molar-refractivity contribution in [3.05, 3.63) is 29.8 Å². The van der Waals surface area contributed by atoms with Crippen LogP contribution in [0.3, 0.4) is 0 Å². The van der Waals surface area contributed by atoms with Crippen LogP contribution in [-0.2, 0) is 4.79 Å². The van der Waals surface area contributed by atoms with Gasteiger partial charge >= 0.3 is 0 Å². The molecule has 1 aromatic carbocycles. The second-order valence-corrected chi connectivity index (χ2v) is 4.67. The lowest BCUT2D eigenvalue weighted by Crippen LogP contribution is -2.39. The van der Waals surface area contributed by atoms with Crippen LogP contribution in [0.2, 0.25) is 0 Å². The van der Waals surface area contributed by atoms with E-state index in [1.807, 2.05) is 17.0 Å². The van der Waals surface area contributed by atoms with Crippen LogP contribution in [0, 0.1) is 0 Å². The number of carbonyl (C=O) groups excluding carboxylic acids is 1. The molecule has 0 spiro atoms. The number of likely N-dealkylation sites (tertiary alicyclic amines) is 1. The predicted molar refractivity (Wildman–Crippen MR) is 67.4 cm³/mol. The van der Waals surface area contributed by atoms with Gasteiger partial charge < -0.3 is 10.0 Å². The van der Waals surface area contributed by atoms with Gasteiger partial charge in [0.15, 0.2) is 0 Å². The summed E-state index contributed by atoms with van der Waals surface area (Å²) in [5, 5.41) is 9.46. The van der Waals surface area contributed by atoms with E-state index >= 15 is 0 Å². The van der Waals surface area contributed by atoms with Gasteiger partial charge in [0.2, 0.25) is 5.91 Å². The summed E-state index contributed by atoms with van der Waals surface area (Å²) in [5.41, 5.74) is 1.09. The number of hydrogen-bond acceptors (Lipinski definition) is 2. The Labute approximate surface area is 106 Å². The third-order valence-corrected chi connectivity index (χ3v) is 3.46. The fraction of sp³-hybridized carbons (Fsp3) is 0.462.